The second-order valence-electron chi connectivity index (χ2n) is 8.92. The average molecular weight is 446 g/mol. The maximum absolute atomic E-state index is 13.2. The third-order valence-corrected chi connectivity index (χ3v) is 6.34. The van der Waals surface area contributed by atoms with Crippen molar-refractivity contribution < 1.29 is 19.1 Å². The van der Waals surface area contributed by atoms with Crippen LogP contribution < -0.4 is 19.9 Å². The molecule has 1 N–H and O–H groups in total. The standard InChI is InChI=1S/C26H27N3O4/c1-15-11-22-20(16(2)14-26(3,4)28(22)5)12-17(15)13-21-23(30)27-25(32)29(24(21)31)18-7-9-19(33-6)10-8-18/h7-14H,1-6H3,(H,27,30,32)/b21-13+. The van der Waals surface area contributed by atoms with Crippen LogP contribution in [0.15, 0.2) is 48.0 Å². The van der Waals surface area contributed by atoms with Gasteiger partial charge >= 0.3 is 6.03 Å². The van der Waals surface area contributed by atoms with Crippen LogP contribution in [-0.4, -0.2) is 37.5 Å². The summed E-state index contributed by atoms with van der Waals surface area (Å²) in [5, 5.41) is 2.27. The first-order valence-electron chi connectivity index (χ1n) is 10.7. The van der Waals surface area contributed by atoms with Crippen molar-refractivity contribution in [1.82, 2.24) is 5.32 Å². The molecule has 0 bridgehead atoms. The van der Waals surface area contributed by atoms with Gasteiger partial charge in [-0.2, -0.15) is 0 Å². The van der Waals surface area contributed by atoms with Gasteiger partial charge < -0.3 is 9.64 Å². The number of nitrogens with zero attached hydrogens (tertiary/aromatic N) is 2. The molecule has 170 valence electrons. The van der Waals surface area contributed by atoms with E-state index in [4.69, 9.17) is 4.74 Å². The normalized spacial score (nSPS) is 18.8. The number of carbonyl (C=O) groups is 3. The number of nitrogens with one attached hydrogen (secondary N) is 1. The van der Waals surface area contributed by atoms with Crippen molar-refractivity contribution in [2.45, 2.75) is 33.2 Å². The third-order valence-electron chi connectivity index (χ3n) is 6.34. The molecule has 4 rings (SSSR count). The summed E-state index contributed by atoms with van der Waals surface area (Å²) in [5.41, 5.74) is 5.06. The van der Waals surface area contributed by atoms with Crippen LogP contribution in [0.1, 0.15) is 37.5 Å². The number of aryl methyl sites for hydroxylation is 1. The fourth-order valence-electron chi connectivity index (χ4n) is 4.25. The monoisotopic (exact) mass is 445 g/mol. The summed E-state index contributed by atoms with van der Waals surface area (Å²) in [7, 11) is 3.58. The predicted octanol–water partition coefficient (Wildman–Crippen LogP) is 4.30. The summed E-state index contributed by atoms with van der Waals surface area (Å²) in [4.78, 5) is 41.5. The van der Waals surface area contributed by atoms with E-state index in [9.17, 15) is 14.4 Å². The van der Waals surface area contributed by atoms with Gasteiger partial charge in [0.25, 0.3) is 11.8 Å². The van der Waals surface area contributed by atoms with Crippen LogP contribution in [0, 0.1) is 6.92 Å². The Labute approximate surface area is 193 Å². The first-order valence-corrected chi connectivity index (χ1v) is 10.7. The molecular formula is C26H27N3O4. The first-order chi connectivity index (χ1) is 15.5. The number of rotatable bonds is 3. The number of methoxy groups -OCH3 is 1. The molecular weight excluding hydrogens is 418 g/mol. The fraction of sp³-hybridized carbons (Fsp3) is 0.269. The van der Waals surface area contributed by atoms with Gasteiger partial charge in [-0.05, 0) is 86.9 Å². The van der Waals surface area contributed by atoms with Crippen molar-refractivity contribution in [3.63, 3.8) is 0 Å². The highest BCUT2D eigenvalue weighted by Crippen LogP contribution is 2.39. The van der Waals surface area contributed by atoms with Gasteiger partial charge in [0, 0.05) is 18.3 Å². The van der Waals surface area contributed by atoms with E-state index < -0.39 is 17.8 Å². The quantitative estimate of drug-likeness (QED) is 0.563. The average Bonchev–Trinajstić information content (AvgIpc) is 2.75. The van der Waals surface area contributed by atoms with Gasteiger partial charge in [-0.1, -0.05) is 6.08 Å². The number of likely N-dealkylation sites (N-methyl/N-ethyl adjacent to an activating group) is 1. The van der Waals surface area contributed by atoms with Crippen LogP contribution in [-0.2, 0) is 9.59 Å². The van der Waals surface area contributed by atoms with Crippen molar-refractivity contribution in [1.29, 1.82) is 0 Å². The minimum Gasteiger partial charge on any atom is -0.497 e. The van der Waals surface area contributed by atoms with E-state index in [-0.39, 0.29) is 11.1 Å². The predicted molar refractivity (Wildman–Crippen MR) is 129 cm³/mol. The molecule has 0 radical (unpaired) electrons. The van der Waals surface area contributed by atoms with Crippen molar-refractivity contribution in [3.05, 3.63) is 64.7 Å². The number of hydrogen-bond acceptors (Lipinski definition) is 5. The number of imide groups is 2. The van der Waals surface area contributed by atoms with Crippen molar-refractivity contribution in [2.24, 2.45) is 0 Å². The Morgan fingerprint density at radius 1 is 1.03 bits per heavy atom. The molecule has 1 saturated heterocycles. The molecule has 4 amide bonds. The van der Waals surface area contributed by atoms with E-state index in [0.717, 1.165) is 32.9 Å². The molecule has 7 heteroatoms. The molecule has 0 atom stereocenters. The van der Waals surface area contributed by atoms with Crippen LogP contribution >= 0.6 is 0 Å². The zero-order valence-electron chi connectivity index (χ0n) is 19.6. The topological polar surface area (TPSA) is 79.0 Å². The highest BCUT2D eigenvalue weighted by molar-refractivity contribution is 6.39. The molecule has 2 heterocycles. The number of anilines is 2. The number of carbonyl (C=O) groups excluding carboxylic acids is 3. The fourth-order valence-corrected chi connectivity index (χ4v) is 4.25. The smallest absolute Gasteiger partial charge is 0.335 e. The molecule has 2 aliphatic heterocycles. The van der Waals surface area contributed by atoms with Gasteiger partial charge in [0.15, 0.2) is 0 Å². The molecule has 2 aromatic rings. The van der Waals surface area contributed by atoms with Crippen LogP contribution in [0.2, 0.25) is 0 Å². The Kier molecular flexibility index (Phi) is 5.36. The third kappa shape index (κ3) is 3.80. The largest absolute Gasteiger partial charge is 0.497 e. The second kappa shape index (κ2) is 7.92. The zero-order valence-corrected chi connectivity index (χ0v) is 19.6. The Bertz CT molecular complexity index is 1240. The van der Waals surface area contributed by atoms with Gasteiger partial charge in [0.05, 0.1) is 18.3 Å². The lowest BCUT2D eigenvalue weighted by atomic mass is 9.87. The van der Waals surface area contributed by atoms with E-state index in [0.29, 0.717) is 11.4 Å². The lowest BCUT2D eigenvalue weighted by Crippen LogP contribution is -2.54. The highest BCUT2D eigenvalue weighted by Gasteiger charge is 2.37. The van der Waals surface area contributed by atoms with Gasteiger partial charge in [-0.3, -0.25) is 14.9 Å². The van der Waals surface area contributed by atoms with Gasteiger partial charge in [-0.25, -0.2) is 9.69 Å². The van der Waals surface area contributed by atoms with Gasteiger partial charge in [0.1, 0.15) is 11.3 Å². The number of ether oxygens (including phenoxy) is 1. The van der Waals surface area contributed by atoms with E-state index in [1.54, 1.807) is 30.3 Å². The maximum Gasteiger partial charge on any atom is 0.335 e. The van der Waals surface area contributed by atoms with E-state index in [2.05, 4.69) is 50.2 Å². The van der Waals surface area contributed by atoms with E-state index >= 15 is 0 Å². The summed E-state index contributed by atoms with van der Waals surface area (Å²) in [5.74, 6) is -0.786. The molecule has 2 aliphatic rings. The molecule has 7 nitrogen and oxygen atoms in total. The molecule has 1 fully saturated rings. The number of fused-ring (bicyclic) bond motifs is 1. The summed E-state index contributed by atoms with van der Waals surface area (Å²) >= 11 is 0. The molecule has 0 spiro atoms. The van der Waals surface area contributed by atoms with Crippen molar-refractivity contribution in [3.8, 4) is 5.75 Å². The minimum atomic E-state index is -0.780. The van der Waals surface area contributed by atoms with E-state index in [1.165, 1.54) is 7.11 Å². The number of barbiturate groups is 1. The Hall–Kier alpha value is -3.87. The maximum atomic E-state index is 13.2. The number of amides is 4. The highest BCUT2D eigenvalue weighted by atomic mass is 16.5. The van der Waals surface area contributed by atoms with Crippen molar-refractivity contribution in [2.75, 3.05) is 24.0 Å². The summed E-state index contributed by atoms with van der Waals surface area (Å²) < 4.78 is 5.14. The van der Waals surface area contributed by atoms with Crippen molar-refractivity contribution >= 4 is 40.9 Å². The molecule has 2 aromatic carbocycles. The Morgan fingerprint density at radius 3 is 2.33 bits per heavy atom. The summed E-state index contributed by atoms with van der Waals surface area (Å²) in [6, 6.07) is 9.77. The lowest BCUT2D eigenvalue weighted by molar-refractivity contribution is -0.122. The number of benzene rings is 2. The minimum absolute atomic E-state index is 0.0976. The molecule has 0 aliphatic carbocycles. The number of allylic oxidation sites excluding steroid dienone is 1. The molecule has 33 heavy (non-hydrogen) atoms. The molecule has 0 saturated carbocycles. The molecule has 0 unspecified atom stereocenters. The van der Waals surface area contributed by atoms with Gasteiger partial charge in [0.2, 0.25) is 0 Å². The van der Waals surface area contributed by atoms with Gasteiger partial charge in [-0.15, -0.1) is 0 Å². The lowest BCUT2D eigenvalue weighted by Gasteiger charge is -2.41. The molecule has 0 aromatic heterocycles. The van der Waals surface area contributed by atoms with Crippen LogP contribution in [0.5, 0.6) is 5.75 Å². The summed E-state index contributed by atoms with van der Waals surface area (Å²) in [6.45, 7) is 8.31. The summed E-state index contributed by atoms with van der Waals surface area (Å²) in [6.07, 6.45) is 3.76. The van der Waals surface area contributed by atoms with Crippen LogP contribution in [0.4, 0.5) is 16.2 Å². The first kappa shape index (κ1) is 22.3. The van der Waals surface area contributed by atoms with Crippen LogP contribution in [0.3, 0.4) is 0 Å². The Morgan fingerprint density at radius 2 is 1.70 bits per heavy atom. The van der Waals surface area contributed by atoms with E-state index in [1.807, 2.05) is 13.0 Å². The van der Waals surface area contributed by atoms with Crippen LogP contribution in [0.25, 0.3) is 11.6 Å². The number of urea groups is 1. The zero-order chi connectivity index (χ0) is 24.1. The SMILES string of the molecule is COc1ccc(N2C(=O)NC(=O)/C(=C\c3cc4c(cc3C)N(C)C(C)(C)C=C4C)C2=O)cc1. The number of hydrogen-bond donors (Lipinski definition) is 1. The second-order valence-corrected chi connectivity index (χ2v) is 8.92. The Balaban J connectivity index is 1.76.